The first-order valence-corrected chi connectivity index (χ1v) is 7.06. The molecule has 1 aromatic carbocycles. The lowest BCUT2D eigenvalue weighted by molar-refractivity contribution is -0.382. The third-order valence-electron chi connectivity index (χ3n) is 4.20. The van der Waals surface area contributed by atoms with Crippen LogP contribution in [-0.2, 0) is 0 Å². The number of aliphatic hydroxyl groups is 1. The van der Waals surface area contributed by atoms with Crippen LogP contribution in [0.5, 0.6) is 0 Å². The van der Waals surface area contributed by atoms with Gasteiger partial charge in [-0.1, -0.05) is 12.8 Å². The minimum Gasteiger partial charge on any atom is -0.394 e. The Morgan fingerprint density at radius 2 is 2.10 bits per heavy atom. The summed E-state index contributed by atoms with van der Waals surface area (Å²) in [4.78, 5) is 15.2. The second-order valence-electron chi connectivity index (χ2n) is 5.56. The number of nitrogens with one attached hydrogen (secondary N) is 1. The topological polar surface area (TPSA) is 88.3 Å². The number of nitro groups is 1. The Morgan fingerprint density at radius 3 is 2.76 bits per heavy atom. The number of rotatable bonds is 4. The number of pyridine rings is 1. The van der Waals surface area contributed by atoms with E-state index in [1.807, 2.05) is 0 Å². The van der Waals surface area contributed by atoms with Crippen molar-refractivity contribution in [2.45, 2.75) is 31.2 Å². The first kappa shape index (κ1) is 13.8. The van der Waals surface area contributed by atoms with Crippen molar-refractivity contribution in [2.75, 3.05) is 11.9 Å². The second-order valence-corrected chi connectivity index (χ2v) is 5.56. The van der Waals surface area contributed by atoms with Crippen molar-refractivity contribution >= 4 is 22.3 Å². The molecule has 1 fully saturated rings. The van der Waals surface area contributed by atoms with E-state index < -0.39 is 5.54 Å². The highest BCUT2D eigenvalue weighted by atomic mass is 16.6. The predicted octanol–water partition coefficient (Wildman–Crippen LogP) is 2.86. The average molecular weight is 287 g/mol. The van der Waals surface area contributed by atoms with Gasteiger partial charge < -0.3 is 10.4 Å². The van der Waals surface area contributed by atoms with Crippen molar-refractivity contribution in [1.29, 1.82) is 0 Å². The van der Waals surface area contributed by atoms with E-state index in [2.05, 4.69) is 10.3 Å². The number of aromatic nitrogens is 1. The smallest absolute Gasteiger partial charge is 0.301 e. The molecule has 2 aromatic rings. The van der Waals surface area contributed by atoms with Gasteiger partial charge in [0.15, 0.2) is 0 Å². The fourth-order valence-electron chi connectivity index (χ4n) is 3.09. The van der Waals surface area contributed by atoms with Crippen LogP contribution in [0.15, 0.2) is 30.5 Å². The summed E-state index contributed by atoms with van der Waals surface area (Å²) in [6.45, 7) is -0.0186. The maximum Gasteiger partial charge on any atom is 0.301 e. The average Bonchev–Trinajstić information content (AvgIpc) is 2.95. The fourth-order valence-corrected chi connectivity index (χ4v) is 3.09. The van der Waals surface area contributed by atoms with Gasteiger partial charge in [0, 0.05) is 6.20 Å². The highest BCUT2D eigenvalue weighted by molar-refractivity contribution is 5.94. The van der Waals surface area contributed by atoms with Crippen molar-refractivity contribution in [3.63, 3.8) is 0 Å². The SMILES string of the molecule is O=[N+]([O-])c1c(NC2(CO)CCCC2)ccc2ncccc12. The molecule has 6 nitrogen and oxygen atoms in total. The quantitative estimate of drug-likeness (QED) is 0.666. The van der Waals surface area contributed by atoms with Crippen molar-refractivity contribution in [1.82, 2.24) is 4.98 Å². The number of benzene rings is 1. The van der Waals surface area contributed by atoms with Crippen LogP contribution >= 0.6 is 0 Å². The number of aliphatic hydroxyl groups excluding tert-OH is 1. The Morgan fingerprint density at radius 1 is 1.33 bits per heavy atom. The van der Waals surface area contributed by atoms with Crippen LogP contribution < -0.4 is 5.32 Å². The predicted molar refractivity (Wildman–Crippen MR) is 80.3 cm³/mol. The molecule has 6 heteroatoms. The largest absolute Gasteiger partial charge is 0.394 e. The third-order valence-corrected chi connectivity index (χ3v) is 4.20. The highest BCUT2D eigenvalue weighted by Gasteiger charge is 2.35. The van der Waals surface area contributed by atoms with Crippen LogP contribution in [0.2, 0.25) is 0 Å². The molecule has 0 amide bonds. The van der Waals surface area contributed by atoms with Crippen LogP contribution in [0.3, 0.4) is 0 Å². The summed E-state index contributed by atoms with van der Waals surface area (Å²) in [5, 5.41) is 24.9. The molecular weight excluding hydrogens is 270 g/mol. The molecule has 0 unspecified atom stereocenters. The fraction of sp³-hybridized carbons (Fsp3) is 0.400. The van der Waals surface area contributed by atoms with Crippen molar-refractivity contribution in [3.8, 4) is 0 Å². The van der Waals surface area contributed by atoms with Crippen LogP contribution in [0, 0.1) is 10.1 Å². The summed E-state index contributed by atoms with van der Waals surface area (Å²) in [5.41, 5.74) is 0.636. The molecule has 0 spiro atoms. The van der Waals surface area contributed by atoms with Gasteiger partial charge in [0.2, 0.25) is 0 Å². The lowest BCUT2D eigenvalue weighted by Gasteiger charge is -2.29. The number of fused-ring (bicyclic) bond motifs is 1. The molecule has 0 aliphatic heterocycles. The second kappa shape index (κ2) is 5.29. The summed E-state index contributed by atoms with van der Waals surface area (Å²) < 4.78 is 0. The summed E-state index contributed by atoms with van der Waals surface area (Å²) in [6, 6.07) is 6.84. The number of hydrogen-bond acceptors (Lipinski definition) is 5. The van der Waals surface area contributed by atoms with E-state index in [0.29, 0.717) is 16.6 Å². The van der Waals surface area contributed by atoms with Crippen molar-refractivity contribution in [3.05, 3.63) is 40.6 Å². The molecule has 0 radical (unpaired) electrons. The van der Waals surface area contributed by atoms with E-state index in [4.69, 9.17) is 0 Å². The van der Waals surface area contributed by atoms with E-state index in [1.54, 1.807) is 30.5 Å². The van der Waals surface area contributed by atoms with Crippen LogP contribution in [0.1, 0.15) is 25.7 Å². The first-order valence-electron chi connectivity index (χ1n) is 7.06. The van der Waals surface area contributed by atoms with Crippen LogP contribution in [-0.4, -0.2) is 27.2 Å². The van der Waals surface area contributed by atoms with Crippen LogP contribution in [0.4, 0.5) is 11.4 Å². The molecule has 0 bridgehead atoms. The normalized spacial score (nSPS) is 17.0. The maximum absolute atomic E-state index is 11.5. The lowest BCUT2D eigenvalue weighted by Crippen LogP contribution is -2.39. The van der Waals surface area contributed by atoms with Gasteiger partial charge in [-0.3, -0.25) is 15.1 Å². The number of nitro benzene ring substituents is 1. The summed E-state index contributed by atoms with van der Waals surface area (Å²) in [6.07, 6.45) is 5.32. The Bertz CT molecular complexity index is 681. The van der Waals surface area contributed by atoms with E-state index >= 15 is 0 Å². The zero-order chi connectivity index (χ0) is 14.9. The van der Waals surface area contributed by atoms with E-state index in [-0.39, 0.29) is 17.2 Å². The molecule has 1 saturated carbocycles. The Kier molecular flexibility index (Phi) is 3.47. The van der Waals surface area contributed by atoms with Gasteiger partial charge in [-0.05, 0) is 37.1 Å². The zero-order valence-corrected chi connectivity index (χ0v) is 11.6. The third kappa shape index (κ3) is 2.42. The molecular formula is C15H17N3O3. The standard InChI is InChI=1S/C15H17N3O3/c19-10-15(7-1-2-8-15)17-13-6-5-12-11(4-3-9-16-12)14(13)18(20)21/h3-6,9,17,19H,1-2,7-8,10H2. The van der Waals surface area contributed by atoms with E-state index in [9.17, 15) is 15.2 Å². The maximum atomic E-state index is 11.5. The molecule has 1 aliphatic rings. The molecule has 21 heavy (non-hydrogen) atoms. The van der Waals surface area contributed by atoms with Gasteiger partial charge in [-0.25, -0.2) is 0 Å². The monoisotopic (exact) mass is 287 g/mol. The highest BCUT2D eigenvalue weighted by Crippen LogP contribution is 2.38. The first-order chi connectivity index (χ1) is 10.2. The summed E-state index contributed by atoms with van der Waals surface area (Å²) in [5.74, 6) is 0. The molecule has 1 aromatic heterocycles. The molecule has 0 atom stereocenters. The Balaban J connectivity index is 2.09. The van der Waals surface area contributed by atoms with Crippen LogP contribution in [0.25, 0.3) is 10.9 Å². The summed E-state index contributed by atoms with van der Waals surface area (Å²) in [7, 11) is 0. The van der Waals surface area contributed by atoms with Gasteiger partial charge in [0.05, 0.1) is 28.0 Å². The van der Waals surface area contributed by atoms with Gasteiger partial charge in [-0.2, -0.15) is 0 Å². The molecule has 3 rings (SSSR count). The molecule has 0 saturated heterocycles. The zero-order valence-electron chi connectivity index (χ0n) is 11.6. The molecule has 1 heterocycles. The molecule has 1 aliphatic carbocycles. The molecule has 110 valence electrons. The van der Waals surface area contributed by atoms with Crippen molar-refractivity contribution < 1.29 is 10.0 Å². The number of hydrogen-bond donors (Lipinski definition) is 2. The molecule has 2 N–H and O–H groups in total. The van der Waals surface area contributed by atoms with Gasteiger partial charge >= 0.3 is 5.69 Å². The minimum absolute atomic E-state index is 0.0186. The number of anilines is 1. The van der Waals surface area contributed by atoms with E-state index in [1.165, 1.54) is 0 Å². The minimum atomic E-state index is -0.444. The van der Waals surface area contributed by atoms with Crippen molar-refractivity contribution in [2.24, 2.45) is 0 Å². The number of nitrogens with zero attached hydrogens (tertiary/aromatic N) is 2. The Hall–Kier alpha value is -2.21. The summed E-state index contributed by atoms with van der Waals surface area (Å²) >= 11 is 0. The van der Waals surface area contributed by atoms with E-state index in [0.717, 1.165) is 25.7 Å². The van der Waals surface area contributed by atoms with Gasteiger partial charge in [0.1, 0.15) is 5.69 Å². The van der Waals surface area contributed by atoms with Gasteiger partial charge in [-0.15, -0.1) is 0 Å². The lowest BCUT2D eigenvalue weighted by atomic mass is 9.97. The Labute approximate surface area is 122 Å². The van der Waals surface area contributed by atoms with Gasteiger partial charge in [0.25, 0.3) is 0 Å².